The smallest absolute Gasteiger partial charge is 0.334 e. The molecule has 1 aromatic rings. The van der Waals surface area contributed by atoms with Crippen LogP contribution < -0.4 is 4.74 Å². The molecular weight excluding hydrogens is 322 g/mol. The quantitative estimate of drug-likeness (QED) is 0.275. The monoisotopic (exact) mass is 341 g/mol. The summed E-state index contributed by atoms with van der Waals surface area (Å²) in [5.41, 5.74) is 0.509. The number of ketones is 1. The number of fused-ring (bicyclic) bond motifs is 1. The summed E-state index contributed by atoms with van der Waals surface area (Å²) in [5, 5.41) is 0. The maximum Gasteiger partial charge on any atom is 0.334 e. The van der Waals surface area contributed by atoms with E-state index in [9.17, 15) is 19.2 Å². The normalized spacial score (nSPS) is 23.4. The van der Waals surface area contributed by atoms with Crippen LogP contribution in [0.5, 0.6) is 5.75 Å². The van der Waals surface area contributed by atoms with Crippen LogP contribution in [0, 0.1) is 11.8 Å². The summed E-state index contributed by atoms with van der Waals surface area (Å²) in [6.07, 6.45) is 4.85. The predicted molar refractivity (Wildman–Crippen MR) is 88.8 cm³/mol. The summed E-state index contributed by atoms with van der Waals surface area (Å²) >= 11 is 0. The zero-order chi connectivity index (χ0) is 18.1. The van der Waals surface area contributed by atoms with E-state index in [1.165, 1.54) is 26.0 Å². The molecular formula is C19H19NO5. The molecule has 6 nitrogen and oxygen atoms in total. The standard InChI is InChI=1S/C19H19NO5/c1-11(19(24)25-14-9-7-13(8-10-14)12(2)21)20-17(22)15-5-3-4-6-16(15)18(20)23/h3-4,7-11,15-16H,5-6H2,1-2H3/t11-,15-,16-/m0/s1. The van der Waals surface area contributed by atoms with Crippen molar-refractivity contribution in [1.29, 1.82) is 0 Å². The van der Waals surface area contributed by atoms with Gasteiger partial charge < -0.3 is 4.74 Å². The lowest BCUT2D eigenvalue weighted by Gasteiger charge is -2.21. The molecule has 1 aliphatic heterocycles. The summed E-state index contributed by atoms with van der Waals surface area (Å²) in [4.78, 5) is 49.7. The Kier molecular flexibility index (Phi) is 4.53. The SMILES string of the molecule is CC(=O)c1ccc(OC(=O)[C@H](C)N2C(=O)[C@H]3CC=CC[C@@H]3C2=O)cc1. The van der Waals surface area contributed by atoms with E-state index in [0.29, 0.717) is 18.4 Å². The summed E-state index contributed by atoms with van der Waals surface area (Å²) in [5.74, 6) is -1.86. The van der Waals surface area contributed by atoms with Crippen LogP contribution in [0.4, 0.5) is 0 Å². The van der Waals surface area contributed by atoms with Gasteiger partial charge in [0.05, 0.1) is 11.8 Å². The van der Waals surface area contributed by atoms with Crippen molar-refractivity contribution in [3.05, 3.63) is 42.0 Å². The Labute approximate surface area is 145 Å². The van der Waals surface area contributed by atoms with E-state index in [4.69, 9.17) is 4.74 Å². The highest BCUT2D eigenvalue weighted by molar-refractivity contribution is 6.08. The number of allylic oxidation sites excluding steroid dienone is 2. The first-order chi connectivity index (χ1) is 11.9. The molecule has 0 aromatic heterocycles. The molecule has 0 spiro atoms. The third-order valence-electron chi connectivity index (χ3n) is 4.75. The van der Waals surface area contributed by atoms with Crippen LogP contribution >= 0.6 is 0 Å². The van der Waals surface area contributed by atoms with Gasteiger partial charge in [-0.15, -0.1) is 0 Å². The average molecular weight is 341 g/mol. The lowest BCUT2D eigenvalue weighted by Crippen LogP contribution is -2.45. The van der Waals surface area contributed by atoms with E-state index < -0.39 is 12.0 Å². The molecule has 1 heterocycles. The van der Waals surface area contributed by atoms with Crippen LogP contribution in [-0.2, 0) is 14.4 Å². The number of carbonyl (C=O) groups is 4. The number of hydrogen-bond donors (Lipinski definition) is 0. The Morgan fingerprint density at radius 3 is 2.04 bits per heavy atom. The fraction of sp³-hybridized carbons (Fsp3) is 0.368. The van der Waals surface area contributed by atoms with Gasteiger partial charge in [-0.05, 0) is 51.0 Å². The van der Waals surface area contributed by atoms with Crippen molar-refractivity contribution in [1.82, 2.24) is 4.90 Å². The molecule has 2 aliphatic rings. The maximum atomic E-state index is 12.5. The van der Waals surface area contributed by atoms with Crippen LogP contribution in [0.25, 0.3) is 0 Å². The number of imide groups is 1. The zero-order valence-electron chi connectivity index (χ0n) is 14.1. The molecule has 1 aromatic carbocycles. The van der Waals surface area contributed by atoms with E-state index in [-0.39, 0.29) is 35.2 Å². The second kappa shape index (κ2) is 6.63. The molecule has 3 atom stereocenters. The third-order valence-corrected chi connectivity index (χ3v) is 4.75. The molecule has 6 heteroatoms. The van der Waals surface area contributed by atoms with Crippen LogP contribution in [0.3, 0.4) is 0 Å². The van der Waals surface area contributed by atoms with Gasteiger partial charge in [-0.2, -0.15) is 0 Å². The molecule has 0 saturated carbocycles. The fourth-order valence-corrected chi connectivity index (χ4v) is 3.27. The van der Waals surface area contributed by atoms with E-state index >= 15 is 0 Å². The minimum absolute atomic E-state index is 0.0873. The molecule has 2 amide bonds. The number of esters is 1. The number of rotatable bonds is 4. The minimum Gasteiger partial charge on any atom is -0.425 e. The summed E-state index contributed by atoms with van der Waals surface area (Å²) < 4.78 is 5.26. The van der Waals surface area contributed by atoms with Gasteiger partial charge in [-0.3, -0.25) is 19.3 Å². The lowest BCUT2D eigenvalue weighted by atomic mass is 9.85. The predicted octanol–water partition coefficient (Wildman–Crippen LogP) is 2.13. The van der Waals surface area contributed by atoms with Gasteiger partial charge in [-0.1, -0.05) is 12.2 Å². The summed E-state index contributed by atoms with van der Waals surface area (Å²) in [6.45, 7) is 2.94. The Hall–Kier alpha value is -2.76. The first-order valence-electron chi connectivity index (χ1n) is 8.24. The van der Waals surface area contributed by atoms with Crippen molar-refractivity contribution in [3.63, 3.8) is 0 Å². The molecule has 25 heavy (non-hydrogen) atoms. The van der Waals surface area contributed by atoms with Crippen molar-refractivity contribution in [3.8, 4) is 5.75 Å². The van der Waals surface area contributed by atoms with Crippen LogP contribution in [0.15, 0.2) is 36.4 Å². The van der Waals surface area contributed by atoms with Crippen molar-refractivity contribution >= 4 is 23.6 Å². The maximum absolute atomic E-state index is 12.5. The largest absolute Gasteiger partial charge is 0.425 e. The van der Waals surface area contributed by atoms with Crippen molar-refractivity contribution in [2.24, 2.45) is 11.8 Å². The number of nitrogens with zero attached hydrogens (tertiary/aromatic N) is 1. The van der Waals surface area contributed by atoms with Crippen LogP contribution in [0.2, 0.25) is 0 Å². The number of amides is 2. The summed E-state index contributed by atoms with van der Waals surface area (Å²) in [6, 6.07) is 5.15. The van der Waals surface area contributed by atoms with E-state index in [2.05, 4.69) is 0 Å². The molecule has 1 aliphatic carbocycles. The molecule has 1 saturated heterocycles. The van der Waals surface area contributed by atoms with Crippen molar-refractivity contribution < 1.29 is 23.9 Å². The Balaban J connectivity index is 1.71. The molecule has 1 fully saturated rings. The van der Waals surface area contributed by atoms with Gasteiger partial charge in [-0.25, -0.2) is 4.79 Å². The molecule has 3 rings (SSSR count). The first kappa shape index (κ1) is 17.1. The second-order valence-electron chi connectivity index (χ2n) is 6.38. The number of carbonyl (C=O) groups excluding carboxylic acids is 4. The number of hydrogen-bond acceptors (Lipinski definition) is 5. The number of likely N-dealkylation sites (tertiary alicyclic amines) is 1. The second-order valence-corrected chi connectivity index (χ2v) is 6.38. The van der Waals surface area contributed by atoms with Crippen molar-refractivity contribution in [2.45, 2.75) is 32.7 Å². The average Bonchev–Trinajstić information content (AvgIpc) is 2.86. The zero-order valence-corrected chi connectivity index (χ0v) is 14.1. The van der Waals surface area contributed by atoms with Gasteiger partial charge in [0.1, 0.15) is 11.8 Å². The highest BCUT2D eigenvalue weighted by Gasteiger charge is 2.50. The highest BCUT2D eigenvalue weighted by Crippen LogP contribution is 2.36. The van der Waals surface area contributed by atoms with E-state index in [1.807, 2.05) is 12.2 Å². The fourth-order valence-electron chi connectivity index (χ4n) is 3.27. The number of Topliss-reactive ketones (excluding diaryl/α,β-unsaturated/α-hetero) is 1. The molecule has 0 bridgehead atoms. The van der Waals surface area contributed by atoms with Gasteiger partial charge in [0, 0.05) is 5.56 Å². The van der Waals surface area contributed by atoms with Crippen LogP contribution in [0.1, 0.15) is 37.0 Å². The minimum atomic E-state index is -0.988. The lowest BCUT2D eigenvalue weighted by molar-refractivity contribution is -0.152. The Morgan fingerprint density at radius 1 is 1.04 bits per heavy atom. The molecule has 0 unspecified atom stereocenters. The van der Waals surface area contributed by atoms with Crippen LogP contribution in [-0.4, -0.2) is 34.5 Å². The van der Waals surface area contributed by atoms with E-state index in [0.717, 1.165) is 4.90 Å². The first-order valence-corrected chi connectivity index (χ1v) is 8.24. The summed E-state index contributed by atoms with van der Waals surface area (Å²) in [7, 11) is 0. The van der Waals surface area contributed by atoms with E-state index in [1.54, 1.807) is 12.1 Å². The third kappa shape index (κ3) is 3.12. The van der Waals surface area contributed by atoms with Gasteiger partial charge in [0.2, 0.25) is 11.8 Å². The molecule has 0 N–H and O–H groups in total. The number of ether oxygens (including phenoxy) is 1. The van der Waals surface area contributed by atoms with Gasteiger partial charge >= 0.3 is 5.97 Å². The number of benzene rings is 1. The molecule has 0 radical (unpaired) electrons. The molecule has 130 valence electrons. The van der Waals surface area contributed by atoms with Crippen molar-refractivity contribution in [2.75, 3.05) is 0 Å². The Bertz CT molecular complexity index is 739. The highest BCUT2D eigenvalue weighted by atomic mass is 16.5. The Morgan fingerprint density at radius 2 is 1.56 bits per heavy atom. The van der Waals surface area contributed by atoms with Gasteiger partial charge in [0.25, 0.3) is 0 Å². The topological polar surface area (TPSA) is 80.8 Å². The van der Waals surface area contributed by atoms with Gasteiger partial charge in [0.15, 0.2) is 5.78 Å².